The van der Waals surface area contributed by atoms with Crippen LogP contribution in [0.3, 0.4) is 0 Å². The van der Waals surface area contributed by atoms with Gasteiger partial charge in [-0.2, -0.15) is 0 Å². The number of hydrogen-bond donors (Lipinski definition) is 2. The van der Waals surface area contributed by atoms with Crippen LogP contribution >= 0.6 is 11.6 Å². The Morgan fingerprint density at radius 1 is 1.00 bits per heavy atom. The predicted molar refractivity (Wildman–Crippen MR) is 118 cm³/mol. The summed E-state index contributed by atoms with van der Waals surface area (Å²) >= 11 is 5.87. The summed E-state index contributed by atoms with van der Waals surface area (Å²) in [7, 11) is -2.30. The fourth-order valence-electron chi connectivity index (χ4n) is 2.72. The molecule has 30 heavy (non-hydrogen) atoms. The van der Waals surface area contributed by atoms with Crippen LogP contribution in [0.1, 0.15) is 21.5 Å². The maximum Gasteiger partial charge on any atom is 0.261 e. The van der Waals surface area contributed by atoms with E-state index in [9.17, 15) is 13.2 Å². The maximum atomic E-state index is 12.7. The van der Waals surface area contributed by atoms with E-state index in [2.05, 4.69) is 10.0 Å². The molecule has 2 N–H and O–H groups in total. The van der Waals surface area contributed by atoms with Gasteiger partial charge in [-0.1, -0.05) is 29.8 Å². The van der Waals surface area contributed by atoms with Crippen molar-refractivity contribution < 1.29 is 17.9 Å². The predicted octanol–water partition coefficient (Wildman–Crippen LogP) is 4.39. The first-order chi connectivity index (χ1) is 14.3. The molecule has 0 unspecified atom stereocenters. The molecule has 0 saturated carbocycles. The van der Waals surface area contributed by atoms with Gasteiger partial charge in [0.15, 0.2) is 0 Å². The van der Waals surface area contributed by atoms with Crippen molar-refractivity contribution in [3.63, 3.8) is 0 Å². The Kier molecular flexibility index (Phi) is 6.64. The van der Waals surface area contributed by atoms with Gasteiger partial charge in [0.25, 0.3) is 15.9 Å². The SMILES string of the molecule is COc1ccc(S(=O)(=O)Nc2cc(C(=O)NCc3ccc(Cl)cc3)ccc2C)cc1. The standard InChI is InChI=1S/C22H21ClN2O4S/c1-15-3-6-17(22(26)24-14-16-4-7-18(23)8-5-16)13-21(15)25-30(27,28)20-11-9-19(29-2)10-12-20/h3-13,25H,14H2,1-2H3,(H,24,26). The highest BCUT2D eigenvalue weighted by molar-refractivity contribution is 7.92. The van der Waals surface area contributed by atoms with Gasteiger partial charge in [-0.25, -0.2) is 8.42 Å². The van der Waals surface area contributed by atoms with Crippen LogP contribution in [0.4, 0.5) is 5.69 Å². The lowest BCUT2D eigenvalue weighted by atomic mass is 10.1. The lowest BCUT2D eigenvalue weighted by molar-refractivity contribution is 0.0951. The molecule has 0 saturated heterocycles. The van der Waals surface area contributed by atoms with E-state index in [0.717, 1.165) is 5.56 Å². The van der Waals surface area contributed by atoms with Gasteiger partial charge in [-0.3, -0.25) is 9.52 Å². The van der Waals surface area contributed by atoms with Crippen molar-refractivity contribution in [2.75, 3.05) is 11.8 Å². The third-order valence-electron chi connectivity index (χ3n) is 4.48. The van der Waals surface area contributed by atoms with Gasteiger partial charge in [-0.05, 0) is 66.6 Å². The van der Waals surface area contributed by atoms with Crippen LogP contribution in [0, 0.1) is 6.92 Å². The minimum Gasteiger partial charge on any atom is -0.497 e. The molecule has 0 atom stereocenters. The van der Waals surface area contributed by atoms with E-state index in [0.29, 0.717) is 34.1 Å². The van der Waals surface area contributed by atoms with Crippen molar-refractivity contribution in [1.29, 1.82) is 0 Å². The summed E-state index contributed by atoms with van der Waals surface area (Å²) in [6.07, 6.45) is 0. The summed E-state index contributed by atoms with van der Waals surface area (Å²) in [6, 6.07) is 18.1. The van der Waals surface area contributed by atoms with Crippen LogP contribution in [0.5, 0.6) is 5.75 Å². The summed E-state index contributed by atoms with van der Waals surface area (Å²) in [6.45, 7) is 2.10. The van der Waals surface area contributed by atoms with E-state index in [1.54, 1.807) is 43.3 Å². The number of anilines is 1. The van der Waals surface area contributed by atoms with Crippen molar-refractivity contribution in [3.05, 3.63) is 88.4 Å². The monoisotopic (exact) mass is 444 g/mol. The van der Waals surface area contributed by atoms with Crippen molar-refractivity contribution in [3.8, 4) is 5.75 Å². The lowest BCUT2D eigenvalue weighted by Gasteiger charge is -2.13. The minimum absolute atomic E-state index is 0.0975. The van der Waals surface area contributed by atoms with E-state index < -0.39 is 10.0 Å². The van der Waals surface area contributed by atoms with Crippen LogP contribution in [0.25, 0.3) is 0 Å². The van der Waals surface area contributed by atoms with Gasteiger partial charge in [0.2, 0.25) is 0 Å². The lowest BCUT2D eigenvalue weighted by Crippen LogP contribution is -2.23. The summed E-state index contributed by atoms with van der Waals surface area (Å²) in [5, 5.41) is 3.44. The number of amides is 1. The molecule has 1 amide bonds. The van der Waals surface area contributed by atoms with Crippen molar-refractivity contribution in [2.24, 2.45) is 0 Å². The van der Waals surface area contributed by atoms with E-state index >= 15 is 0 Å². The molecule has 0 aliphatic heterocycles. The maximum absolute atomic E-state index is 12.7. The topological polar surface area (TPSA) is 84.5 Å². The molecule has 8 heteroatoms. The number of benzene rings is 3. The molecule has 6 nitrogen and oxygen atoms in total. The molecule has 0 spiro atoms. The van der Waals surface area contributed by atoms with Crippen LogP contribution in [0.15, 0.2) is 71.6 Å². The second-order valence-corrected chi connectivity index (χ2v) is 8.74. The van der Waals surface area contributed by atoms with Crippen molar-refractivity contribution in [2.45, 2.75) is 18.4 Å². The molecule has 0 radical (unpaired) electrons. The minimum atomic E-state index is -3.81. The molecule has 0 heterocycles. The number of rotatable bonds is 7. The smallest absolute Gasteiger partial charge is 0.261 e. The van der Waals surface area contributed by atoms with E-state index in [4.69, 9.17) is 16.3 Å². The second-order valence-electron chi connectivity index (χ2n) is 6.62. The highest BCUT2D eigenvalue weighted by Crippen LogP contribution is 2.23. The molecule has 3 rings (SSSR count). The zero-order chi connectivity index (χ0) is 21.7. The Hall–Kier alpha value is -3.03. The number of hydrogen-bond acceptors (Lipinski definition) is 4. The number of carbonyl (C=O) groups excluding carboxylic acids is 1. The van der Waals surface area contributed by atoms with Gasteiger partial charge < -0.3 is 10.1 Å². The highest BCUT2D eigenvalue weighted by Gasteiger charge is 2.17. The first kappa shape index (κ1) is 21.7. The van der Waals surface area contributed by atoms with Crippen LogP contribution < -0.4 is 14.8 Å². The fraction of sp³-hybridized carbons (Fsp3) is 0.136. The van der Waals surface area contributed by atoms with Gasteiger partial charge in [0, 0.05) is 17.1 Å². The van der Waals surface area contributed by atoms with Crippen LogP contribution in [0.2, 0.25) is 5.02 Å². The highest BCUT2D eigenvalue weighted by atomic mass is 35.5. The number of halogens is 1. The molecule has 0 aliphatic carbocycles. The van der Waals surface area contributed by atoms with E-state index in [-0.39, 0.29) is 10.8 Å². The molecule has 156 valence electrons. The van der Waals surface area contributed by atoms with Crippen LogP contribution in [-0.2, 0) is 16.6 Å². The largest absolute Gasteiger partial charge is 0.497 e. The molecule has 0 aromatic heterocycles. The quantitative estimate of drug-likeness (QED) is 0.566. The molecule has 0 aliphatic rings. The number of ether oxygens (including phenoxy) is 1. The van der Waals surface area contributed by atoms with Crippen LogP contribution in [-0.4, -0.2) is 21.4 Å². The summed E-state index contributed by atoms with van der Waals surface area (Å²) in [5.74, 6) is 0.249. The normalized spacial score (nSPS) is 11.0. The number of sulfonamides is 1. The fourth-order valence-corrected chi connectivity index (χ4v) is 3.97. The van der Waals surface area contributed by atoms with Gasteiger partial charge in [0.1, 0.15) is 5.75 Å². The third kappa shape index (κ3) is 5.31. The molecular formula is C22H21ClN2O4S. The Morgan fingerprint density at radius 3 is 2.30 bits per heavy atom. The Balaban J connectivity index is 1.75. The van der Waals surface area contributed by atoms with Crippen molar-refractivity contribution >= 4 is 33.2 Å². The van der Waals surface area contributed by atoms with E-state index in [1.807, 2.05) is 12.1 Å². The average molecular weight is 445 g/mol. The van der Waals surface area contributed by atoms with Gasteiger partial charge >= 0.3 is 0 Å². The zero-order valence-corrected chi connectivity index (χ0v) is 18.0. The Labute approximate surface area is 180 Å². The Bertz CT molecular complexity index is 1140. The second kappa shape index (κ2) is 9.19. The molecule has 0 bridgehead atoms. The first-order valence-corrected chi connectivity index (χ1v) is 10.9. The number of aryl methyl sites for hydroxylation is 1. The van der Waals surface area contributed by atoms with Gasteiger partial charge in [0.05, 0.1) is 17.7 Å². The number of nitrogens with one attached hydrogen (secondary N) is 2. The van der Waals surface area contributed by atoms with E-state index in [1.165, 1.54) is 25.3 Å². The van der Waals surface area contributed by atoms with Crippen molar-refractivity contribution in [1.82, 2.24) is 5.32 Å². The number of carbonyl (C=O) groups is 1. The molecule has 0 fully saturated rings. The van der Waals surface area contributed by atoms with Gasteiger partial charge in [-0.15, -0.1) is 0 Å². The average Bonchev–Trinajstić information content (AvgIpc) is 2.74. The Morgan fingerprint density at radius 2 is 1.67 bits per heavy atom. The summed E-state index contributed by atoms with van der Waals surface area (Å²) < 4.78 is 33.0. The third-order valence-corrected chi connectivity index (χ3v) is 6.11. The number of methoxy groups -OCH3 is 1. The zero-order valence-electron chi connectivity index (χ0n) is 16.5. The summed E-state index contributed by atoms with van der Waals surface area (Å²) in [4.78, 5) is 12.6. The molecular weight excluding hydrogens is 424 g/mol. The molecule has 3 aromatic carbocycles. The summed E-state index contributed by atoms with van der Waals surface area (Å²) in [5.41, 5.74) is 2.29. The first-order valence-electron chi connectivity index (χ1n) is 9.08. The molecule has 3 aromatic rings.